The fourth-order valence-electron chi connectivity index (χ4n) is 8.05. The van der Waals surface area contributed by atoms with Crippen LogP contribution in [0, 0.1) is 0 Å². The molecule has 1 amide bonds. The lowest BCUT2D eigenvalue weighted by Crippen LogP contribution is -2.46. The second kappa shape index (κ2) is 54.5. The summed E-state index contributed by atoms with van der Waals surface area (Å²) in [5.74, 6) is -0.564. The third-order valence-electron chi connectivity index (χ3n) is 12.3. The van der Waals surface area contributed by atoms with Crippen molar-refractivity contribution in [2.75, 3.05) is 6.61 Å². The Morgan fingerprint density at radius 1 is 0.441 bits per heavy atom. The van der Waals surface area contributed by atoms with Gasteiger partial charge in [-0.1, -0.05) is 271 Å². The number of hydrogen-bond donors (Lipinski definition) is 3. The molecule has 0 saturated heterocycles. The van der Waals surface area contributed by atoms with Gasteiger partial charge >= 0.3 is 5.97 Å². The second-order valence-corrected chi connectivity index (χ2v) is 18.8. The van der Waals surface area contributed by atoms with Gasteiger partial charge < -0.3 is 20.3 Å². The van der Waals surface area contributed by atoms with Crippen LogP contribution in [0.15, 0.2) is 109 Å². The van der Waals surface area contributed by atoms with Crippen molar-refractivity contribution in [1.29, 1.82) is 0 Å². The number of ether oxygens (including phenoxy) is 1. The number of carbonyl (C=O) groups is 2. The Balaban J connectivity index is 4.73. The molecule has 3 unspecified atom stereocenters. The molecule has 68 heavy (non-hydrogen) atoms. The van der Waals surface area contributed by atoms with Gasteiger partial charge in [-0.25, -0.2) is 0 Å². The highest BCUT2D eigenvalue weighted by atomic mass is 16.5. The summed E-state index contributed by atoms with van der Waals surface area (Å²) in [6, 6.07) is -0.731. The molecule has 0 radical (unpaired) electrons. The molecule has 0 aromatic rings. The van der Waals surface area contributed by atoms with E-state index in [2.05, 4.69) is 80.8 Å². The first-order valence-corrected chi connectivity index (χ1v) is 28.2. The number of unbranched alkanes of at least 4 members (excludes halogenated alkanes) is 26. The molecular weight excluding hydrogens is 839 g/mol. The maximum absolute atomic E-state index is 13.3. The summed E-state index contributed by atoms with van der Waals surface area (Å²) in [7, 11) is 0. The molecule has 0 bridgehead atoms. The van der Waals surface area contributed by atoms with Crippen molar-refractivity contribution in [3.63, 3.8) is 0 Å². The smallest absolute Gasteiger partial charge is 0.306 e. The molecule has 0 aliphatic rings. The quantitative estimate of drug-likeness (QED) is 0.0321. The fourth-order valence-corrected chi connectivity index (χ4v) is 8.05. The standard InChI is InChI=1S/C62H105NO5/c1-4-7-10-13-16-19-22-25-28-31-34-37-40-43-46-49-52-55-62(67)68-58(53-50-47-44-41-38-35-32-29-26-23-20-17-14-11-8-5-2)56-61(66)63-59(57-64)60(65)54-51-48-45-42-39-36-33-30-27-24-21-18-15-12-9-6-3/h7,10,13,16,19,22-23,25-26,28-29,31-32,34-35,37-38,40,58-60,64-65H,4-6,8-9,11-12,14-15,17-18,20-21,24,27,30,33,36,39,41-57H2,1-3H3,(H,63,66)/b10-7-,16-13+,22-19+,26-23+,28-25-,32-29+,34-31+,38-35+,40-37+. The van der Waals surface area contributed by atoms with Gasteiger partial charge in [-0.2, -0.15) is 0 Å². The van der Waals surface area contributed by atoms with Gasteiger partial charge in [-0.05, 0) is 70.6 Å². The Hall–Kier alpha value is -3.48. The first kappa shape index (κ1) is 64.5. The largest absolute Gasteiger partial charge is 0.462 e. The number of rotatable bonds is 49. The molecule has 0 spiro atoms. The van der Waals surface area contributed by atoms with Crippen LogP contribution in [0.3, 0.4) is 0 Å². The number of hydrogen-bond acceptors (Lipinski definition) is 5. The SMILES string of the molecule is CC\C=C/C=C/C=C/C=C\C=C\C=C\CCCCCC(=O)OC(CCCCC/C=C/C=C/C=C/CCCCCCC)CC(=O)NC(CO)C(O)CCCCCCCCCCCCCCCCCC. The van der Waals surface area contributed by atoms with Crippen molar-refractivity contribution in [3.8, 4) is 0 Å². The van der Waals surface area contributed by atoms with Crippen LogP contribution in [0.25, 0.3) is 0 Å². The Morgan fingerprint density at radius 3 is 1.22 bits per heavy atom. The lowest BCUT2D eigenvalue weighted by atomic mass is 10.0. The van der Waals surface area contributed by atoms with Crippen LogP contribution in [-0.4, -0.2) is 46.9 Å². The minimum Gasteiger partial charge on any atom is -0.462 e. The van der Waals surface area contributed by atoms with E-state index in [4.69, 9.17) is 4.74 Å². The van der Waals surface area contributed by atoms with E-state index in [0.29, 0.717) is 19.3 Å². The zero-order valence-corrected chi connectivity index (χ0v) is 44.2. The molecule has 0 aliphatic carbocycles. The van der Waals surface area contributed by atoms with Gasteiger partial charge in [-0.3, -0.25) is 9.59 Å². The monoisotopic (exact) mass is 944 g/mol. The molecule has 0 rings (SSSR count). The van der Waals surface area contributed by atoms with Crippen LogP contribution in [0.2, 0.25) is 0 Å². The molecule has 3 atom stereocenters. The third-order valence-corrected chi connectivity index (χ3v) is 12.3. The third kappa shape index (κ3) is 49.0. The fraction of sp³-hybridized carbons (Fsp3) is 0.677. The molecular formula is C62H105NO5. The summed E-state index contributed by atoms with van der Waals surface area (Å²) >= 11 is 0. The van der Waals surface area contributed by atoms with Gasteiger partial charge in [-0.15, -0.1) is 0 Å². The van der Waals surface area contributed by atoms with E-state index in [1.165, 1.54) is 116 Å². The van der Waals surface area contributed by atoms with Gasteiger partial charge in [0, 0.05) is 6.42 Å². The lowest BCUT2D eigenvalue weighted by Gasteiger charge is -2.24. The highest BCUT2D eigenvalue weighted by Crippen LogP contribution is 2.17. The summed E-state index contributed by atoms with van der Waals surface area (Å²) in [5.41, 5.74) is 0. The molecule has 388 valence electrons. The average Bonchev–Trinajstić information content (AvgIpc) is 3.33. The Bertz CT molecular complexity index is 1380. The highest BCUT2D eigenvalue weighted by Gasteiger charge is 2.24. The van der Waals surface area contributed by atoms with Crippen LogP contribution in [0.1, 0.15) is 245 Å². The number of aliphatic hydroxyl groups is 2. The molecule has 6 heteroatoms. The van der Waals surface area contributed by atoms with Crippen molar-refractivity contribution in [1.82, 2.24) is 5.32 Å². The first-order valence-electron chi connectivity index (χ1n) is 28.2. The summed E-state index contributed by atoms with van der Waals surface area (Å²) in [5, 5.41) is 23.9. The van der Waals surface area contributed by atoms with E-state index in [0.717, 1.165) is 83.5 Å². The molecule has 0 aromatic carbocycles. The van der Waals surface area contributed by atoms with Gasteiger partial charge in [0.2, 0.25) is 5.91 Å². The number of esters is 1. The van der Waals surface area contributed by atoms with E-state index in [9.17, 15) is 19.8 Å². The summed E-state index contributed by atoms with van der Waals surface area (Å²) in [4.78, 5) is 26.2. The topological polar surface area (TPSA) is 95.9 Å². The lowest BCUT2D eigenvalue weighted by molar-refractivity contribution is -0.151. The number of nitrogens with one attached hydrogen (secondary N) is 1. The molecule has 0 fully saturated rings. The molecule has 0 aromatic heterocycles. The van der Waals surface area contributed by atoms with Crippen molar-refractivity contribution in [2.24, 2.45) is 0 Å². The number of aliphatic hydroxyl groups excluding tert-OH is 2. The molecule has 3 N–H and O–H groups in total. The second-order valence-electron chi connectivity index (χ2n) is 18.8. The summed E-state index contributed by atoms with van der Waals surface area (Å²) < 4.78 is 5.92. The first-order chi connectivity index (χ1) is 33.5. The van der Waals surface area contributed by atoms with E-state index in [1.54, 1.807) is 0 Å². The van der Waals surface area contributed by atoms with Crippen molar-refractivity contribution < 1.29 is 24.5 Å². The normalized spacial score (nSPS) is 14.0. The van der Waals surface area contributed by atoms with E-state index >= 15 is 0 Å². The Morgan fingerprint density at radius 2 is 0.794 bits per heavy atom. The highest BCUT2D eigenvalue weighted by molar-refractivity contribution is 5.77. The van der Waals surface area contributed by atoms with Gasteiger partial charge in [0.1, 0.15) is 6.10 Å². The van der Waals surface area contributed by atoms with Gasteiger partial charge in [0.15, 0.2) is 0 Å². The number of allylic oxidation sites excluding steroid dienone is 18. The zero-order chi connectivity index (χ0) is 49.5. The number of carbonyl (C=O) groups excluding carboxylic acids is 2. The molecule has 0 heterocycles. The predicted octanol–water partition coefficient (Wildman–Crippen LogP) is 17.5. The van der Waals surface area contributed by atoms with Crippen LogP contribution in [0.5, 0.6) is 0 Å². The molecule has 6 nitrogen and oxygen atoms in total. The van der Waals surface area contributed by atoms with Gasteiger partial charge in [0.25, 0.3) is 0 Å². The average molecular weight is 945 g/mol. The van der Waals surface area contributed by atoms with Crippen molar-refractivity contribution in [3.05, 3.63) is 109 Å². The molecule has 0 aliphatic heterocycles. The Kier molecular flexibility index (Phi) is 51.7. The van der Waals surface area contributed by atoms with Crippen molar-refractivity contribution in [2.45, 2.75) is 264 Å². The molecule has 0 saturated carbocycles. The zero-order valence-electron chi connectivity index (χ0n) is 44.2. The van der Waals surface area contributed by atoms with E-state index in [1.807, 2.05) is 54.7 Å². The van der Waals surface area contributed by atoms with Crippen LogP contribution >= 0.6 is 0 Å². The van der Waals surface area contributed by atoms with Gasteiger partial charge in [0.05, 0.1) is 25.2 Å². The van der Waals surface area contributed by atoms with Crippen LogP contribution in [0.4, 0.5) is 0 Å². The number of amides is 1. The maximum atomic E-state index is 13.3. The van der Waals surface area contributed by atoms with Crippen LogP contribution < -0.4 is 5.32 Å². The van der Waals surface area contributed by atoms with E-state index in [-0.39, 0.29) is 24.9 Å². The summed E-state index contributed by atoms with van der Waals surface area (Å²) in [6.07, 6.45) is 74.3. The van der Waals surface area contributed by atoms with E-state index < -0.39 is 18.2 Å². The summed E-state index contributed by atoms with van der Waals surface area (Å²) in [6.45, 7) is 6.31. The van der Waals surface area contributed by atoms with Crippen LogP contribution in [-0.2, 0) is 14.3 Å². The minimum absolute atomic E-state index is 0.0302. The predicted molar refractivity (Wildman–Crippen MR) is 296 cm³/mol. The Labute approximate surface area is 419 Å². The maximum Gasteiger partial charge on any atom is 0.306 e. The minimum atomic E-state index is -0.813. The van der Waals surface area contributed by atoms with Crippen molar-refractivity contribution >= 4 is 11.9 Å².